The molecule has 1 aromatic carbocycles. The van der Waals surface area contributed by atoms with Crippen molar-refractivity contribution in [1.29, 1.82) is 0 Å². The van der Waals surface area contributed by atoms with E-state index in [1.54, 1.807) is 7.11 Å². The number of hydrogen-bond donors (Lipinski definition) is 0. The second-order valence-corrected chi connectivity index (χ2v) is 5.49. The number of hydrogen-bond acceptors (Lipinski definition) is 3. The fourth-order valence-electron chi connectivity index (χ4n) is 2.44. The molecule has 0 fully saturated rings. The second kappa shape index (κ2) is 4.58. The van der Waals surface area contributed by atoms with Crippen LogP contribution < -0.4 is 4.74 Å². The smallest absolute Gasteiger partial charge is 0.173 e. The molecular formula is C15H14O2S. The molecule has 1 aromatic heterocycles. The molecule has 0 saturated carbocycles. The first-order valence-corrected chi connectivity index (χ1v) is 6.89. The Bertz CT molecular complexity index is 586. The minimum atomic E-state index is 0.225. The monoisotopic (exact) mass is 258 g/mol. The maximum Gasteiger partial charge on any atom is 0.173 e. The van der Waals surface area contributed by atoms with Crippen molar-refractivity contribution in [3.63, 3.8) is 0 Å². The summed E-state index contributed by atoms with van der Waals surface area (Å²) in [4.78, 5) is 12.9. The van der Waals surface area contributed by atoms with Gasteiger partial charge in [0.2, 0.25) is 0 Å². The van der Waals surface area contributed by atoms with E-state index in [9.17, 15) is 4.79 Å². The highest BCUT2D eigenvalue weighted by Crippen LogP contribution is 2.38. The first kappa shape index (κ1) is 11.5. The van der Waals surface area contributed by atoms with Crippen LogP contribution in [0.15, 0.2) is 35.7 Å². The van der Waals surface area contributed by atoms with Crippen LogP contribution in [0.4, 0.5) is 0 Å². The summed E-state index contributed by atoms with van der Waals surface area (Å²) in [7, 11) is 1.62. The number of rotatable bonds is 4. The zero-order valence-electron chi connectivity index (χ0n) is 10.2. The van der Waals surface area contributed by atoms with E-state index in [4.69, 9.17) is 4.74 Å². The number of methoxy groups -OCH3 is 1. The number of ether oxygens (including phenoxy) is 1. The highest BCUT2D eigenvalue weighted by molar-refractivity contribution is 7.12. The Hall–Kier alpha value is -1.61. The van der Waals surface area contributed by atoms with E-state index in [-0.39, 0.29) is 5.78 Å². The number of benzene rings is 1. The maximum absolute atomic E-state index is 12.1. The van der Waals surface area contributed by atoms with E-state index in [2.05, 4.69) is 18.2 Å². The van der Waals surface area contributed by atoms with Crippen LogP contribution in [-0.2, 0) is 6.42 Å². The van der Waals surface area contributed by atoms with Gasteiger partial charge in [0.1, 0.15) is 5.75 Å². The van der Waals surface area contributed by atoms with E-state index in [0.717, 1.165) is 17.0 Å². The van der Waals surface area contributed by atoms with Crippen molar-refractivity contribution in [2.45, 2.75) is 18.8 Å². The molecule has 0 bridgehead atoms. The van der Waals surface area contributed by atoms with Gasteiger partial charge in [-0.05, 0) is 23.5 Å². The Labute approximate surface area is 110 Å². The van der Waals surface area contributed by atoms with Crippen LogP contribution in [0.1, 0.15) is 33.1 Å². The lowest BCUT2D eigenvalue weighted by Crippen LogP contribution is -2.19. The average molecular weight is 258 g/mol. The molecule has 1 heterocycles. The predicted octanol–water partition coefficient (Wildman–Crippen LogP) is 3.67. The number of carbonyl (C=O) groups excluding carboxylic acids is 1. The van der Waals surface area contributed by atoms with Crippen LogP contribution >= 0.6 is 11.3 Å². The van der Waals surface area contributed by atoms with Crippen LogP contribution in [0, 0.1) is 0 Å². The summed E-state index contributed by atoms with van der Waals surface area (Å²) in [6.07, 6.45) is 1.64. The molecule has 0 spiro atoms. The molecule has 0 amide bonds. The van der Waals surface area contributed by atoms with Crippen molar-refractivity contribution in [3.05, 3.63) is 51.7 Å². The van der Waals surface area contributed by atoms with E-state index < -0.39 is 0 Å². The lowest BCUT2D eigenvalue weighted by Gasteiger charge is -2.29. The van der Waals surface area contributed by atoms with Gasteiger partial charge in [-0.25, -0.2) is 0 Å². The van der Waals surface area contributed by atoms with Gasteiger partial charge in [0.25, 0.3) is 0 Å². The normalized spacial score (nSPS) is 16.8. The van der Waals surface area contributed by atoms with Crippen LogP contribution in [0.25, 0.3) is 0 Å². The number of Topliss-reactive ketones (excluding diaryl/α,β-unsaturated/α-hetero) is 1. The molecule has 0 N–H and O–H groups in total. The quantitative estimate of drug-likeness (QED) is 0.782. The van der Waals surface area contributed by atoms with Crippen LogP contribution in [0.2, 0.25) is 0 Å². The first-order chi connectivity index (χ1) is 8.78. The number of carbonyl (C=O) groups is 1. The van der Waals surface area contributed by atoms with Crippen molar-refractivity contribution in [2.24, 2.45) is 0 Å². The minimum absolute atomic E-state index is 0.225. The first-order valence-electron chi connectivity index (χ1n) is 6.01. The number of thiophene rings is 1. The van der Waals surface area contributed by atoms with Crippen molar-refractivity contribution in [1.82, 2.24) is 0 Å². The standard InChI is InChI=1S/C15H14O2S/c1-17-12-8-15(18-9-12)14(16)7-11-6-10-4-2-3-5-13(10)11/h2-5,8-9,11H,6-7H2,1H3. The molecule has 1 atom stereocenters. The topological polar surface area (TPSA) is 26.3 Å². The molecule has 18 heavy (non-hydrogen) atoms. The number of fused-ring (bicyclic) bond motifs is 1. The van der Waals surface area contributed by atoms with Crippen molar-refractivity contribution in [3.8, 4) is 5.75 Å². The van der Waals surface area contributed by atoms with Gasteiger partial charge in [0.05, 0.1) is 12.0 Å². The van der Waals surface area contributed by atoms with Gasteiger partial charge >= 0.3 is 0 Å². The molecule has 1 aliphatic rings. The van der Waals surface area contributed by atoms with Gasteiger partial charge in [-0.1, -0.05) is 24.3 Å². The lowest BCUT2D eigenvalue weighted by atomic mass is 9.75. The second-order valence-electron chi connectivity index (χ2n) is 4.58. The Morgan fingerprint density at radius 2 is 2.28 bits per heavy atom. The van der Waals surface area contributed by atoms with Gasteiger partial charge in [-0.2, -0.15) is 0 Å². The summed E-state index contributed by atoms with van der Waals surface area (Å²) >= 11 is 1.47. The Kier molecular flexibility index (Phi) is 2.92. The summed E-state index contributed by atoms with van der Waals surface area (Å²) in [5, 5.41) is 1.88. The van der Waals surface area contributed by atoms with Gasteiger partial charge in [-0.3, -0.25) is 4.79 Å². The fraction of sp³-hybridized carbons (Fsp3) is 0.267. The predicted molar refractivity (Wildman–Crippen MR) is 72.7 cm³/mol. The molecule has 92 valence electrons. The highest BCUT2D eigenvalue weighted by Gasteiger charge is 2.28. The molecule has 3 rings (SSSR count). The van der Waals surface area contributed by atoms with E-state index >= 15 is 0 Å². The third-order valence-electron chi connectivity index (χ3n) is 3.48. The summed E-state index contributed by atoms with van der Waals surface area (Å²) in [6.45, 7) is 0. The Balaban J connectivity index is 1.70. The third-order valence-corrected chi connectivity index (χ3v) is 4.43. The minimum Gasteiger partial charge on any atom is -0.496 e. The molecule has 3 heteroatoms. The zero-order chi connectivity index (χ0) is 12.5. The maximum atomic E-state index is 12.1. The van der Waals surface area contributed by atoms with Gasteiger partial charge in [0.15, 0.2) is 5.78 Å². The van der Waals surface area contributed by atoms with Crippen LogP contribution in [0.3, 0.4) is 0 Å². The molecule has 0 aliphatic heterocycles. The van der Waals surface area contributed by atoms with Gasteiger partial charge in [0, 0.05) is 17.9 Å². The Morgan fingerprint density at radius 3 is 3.00 bits per heavy atom. The molecule has 0 saturated heterocycles. The zero-order valence-corrected chi connectivity index (χ0v) is 11.0. The molecule has 1 unspecified atom stereocenters. The summed E-state index contributed by atoms with van der Waals surface area (Å²) in [6, 6.07) is 10.2. The van der Waals surface area contributed by atoms with Crippen LogP contribution in [-0.4, -0.2) is 12.9 Å². The summed E-state index contributed by atoms with van der Waals surface area (Å²) < 4.78 is 5.10. The van der Waals surface area contributed by atoms with E-state index in [0.29, 0.717) is 12.3 Å². The van der Waals surface area contributed by atoms with E-state index in [1.807, 2.05) is 17.5 Å². The molecule has 2 aromatic rings. The Morgan fingerprint density at radius 1 is 1.44 bits per heavy atom. The van der Waals surface area contributed by atoms with E-state index in [1.165, 1.54) is 22.5 Å². The fourth-order valence-corrected chi connectivity index (χ4v) is 3.25. The van der Waals surface area contributed by atoms with Gasteiger partial charge in [-0.15, -0.1) is 11.3 Å². The van der Waals surface area contributed by atoms with Crippen LogP contribution in [0.5, 0.6) is 5.75 Å². The lowest BCUT2D eigenvalue weighted by molar-refractivity contribution is 0.0974. The third kappa shape index (κ3) is 1.95. The molecule has 2 nitrogen and oxygen atoms in total. The van der Waals surface area contributed by atoms with Crippen molar-refractivity contribution >= 4 is 17.1 Å². The largest absolute Gasteiger partial charge is 0.496 e. The SMILES string of the molecule is COc1csc(C(=O)CC2Cc3ccccc32)c1. The summed E-state index contributed by atoms with van der Waals surface area (Å²) in [5.74, 6) is 1.40. The highest BCUT2D eigenvalue weighted by atomic mass is 32.1. The number of ketones is 1. The average Bonchev–Trinajstić information content (AvgIpc) is 2.84. The molecular weight excluding hydrogens is 244 g/mol. The van der Waals surface area contributed by atoms with Crippen molar-refractivity contribution < 1.29 is 9.53 Å². The molecule has 0 radical (unpaired) electrons. The summed E-state index contributed by atoms with van der Waals surface area (Å²) in [5.41, 5.74) is 2.73. The molecule has 1 aliphatic carbocycles. The van der Waals surface area contributed by atoms with Gasteiger partial charge < -0.3 is 4.74 Å². The van der Waals surface area contributed by atoms with Crippen molar-refractivity contribution in [2.75, 3.05) is 7.11 Å².